The van der Waals surface area contributed by atoms with Gasteiger partial charge in [0.05, 0.1) is 10.9 Å². The number of hydrazone groups is 1. The van der Waals surface area contributed by atoms with E-state index in [0.29, 0.717) is 4.83 Å². The molecule has 3 heterocycles. The molecule has 2 aromatic heterocycles. The van der Waals surface area contributed by atoms with E-state index >= 15 is 4.39 Å². The second-order valence-electron chi connectivity index (χ2n) is 6.40. The fourth-order valence-electron chi connectivity index (χ4n) is 3.32. The Labute approximate surface area is 154 Å². The van der Waals surface area contributed by atoms with Gasteiger partial charge in [-0.1, -0.05) is 6.08 Å². The lowest BCUT2D eigenvalue weighted by Gasteiger charge is -2.19. The highest BCUT2D eigenvalue weighted by Gasteiger charge is 2.32. The zero-order valence-electron chi connectivity index (χ0n) is 13.8. The van der Waals surface area contributed by atoms with Crippen molar-refractivity contribution in [2.75, 3.05) is 5.01 Å². The van der Waals surface area contributed by atoms with E-state index in [1.807, 2.05) is 0 Å². The van der Waals surface area contributed by atoms with Crippen LogP contribution in [-0.4, -0.2) is 15.2 Å². The molecule has 1 aromatic carbocycles. The minimum atomic E-state index is -0.922. The topological polar surface area (TPSA) is 70.5 Å². The fourth-order valence-corrected chi connectivity index (χ4v) is 4.24. The molecule has 1 saturated carbocycles. The van der Waals surface area contributed by atoms with Gasteiger partial charge in [0.1, 0.15) is 15.9 Å². The maximum Gasteiger partial charge on any atom is 0.271 e. The molecule has 27 heavy (non-hydrogen) atoms. The Morgan fingerprint density at radius 3 is 2.78 bits per heavy atom. The van der Waals surface area contributed by atoms with Crippen LogP contribution in [0.2, 0.25) is 0 Å². The van der Waals surface area contributed by atoms with Crippen LogP contribution in [0.25, 0.3) is 21.1 Å². The Bertz CT molecular complexity index is 1300. The van der Waals surface area contributed by atoms with Crippen molar-refractivity contribution in [3.05, 3.63) is 62.7 Å². The normalized spacial score (nSPS) is 16.6. The molecule has 1 fully saturated rings. The Balaban J connectivity index is 1.94. The first-order valence-electron chi connectivity index (χ1n) is 8.32. The number of aromatic amines is 1. The molecule has 2 aliphatic rings. The van der Waals surface area contributed by atoms with E-state index in [1.165, 1.54) is 12.4 Å². The zero-order valence-corrected chi connectivity index (χ0v) is 14.6. The van der Waals surface area contributed by atoms with Crippen molar-refractivity contribution in [1.82, 2.24) is 8.94 Å². The molecule has 5 rings (SSSR count). The molecule has 3 aromatic rings. The van der Waals surface area contributed by atoms with Gasteiger partial charge in [-0.25, -0.2) is 13.8 Å². The van der Waals surface area contributed by atoms with Crippen LogP contribution in [0.4, 0.5) is 14.5 Å². The molecule has 0 unspecified atom stereocenters. The number of hydrogen-bond acceptors (Lipinski definition) is 5. The summed E-state index contributed by atoms with van der Waals surface area (Å²) in [5.74, 6) is -1.80. The summed E-state index contributed by atoms with van der Waals surface area (Å²) in [7, 11) is 0. The van der Waals surface area contributed by atoms with Gasteiger partial charge >= 0.3 is 0 Å². The average molecular weight is 386 g/mol. The van der Waals surface area contributed by atoms with Gasteiger partial charge in [0, 0.05) is 18.5 Å². The second-order valence-corrected chi connectivity index (χ2v) is 7.19. The molecule has 0 atom stereocenters. The molecular weight excluding hydrogens is 374 g/mol. The lowest BCUT2D eigenvalue weighted by molar-refractivity contribution is 0.583. The Kier molecular flexibility index (Phi) is 3.41. The third kappa shape index (κ3) is 2.31. The number of aromatic nitrogens is 2. The van der Waals surface area contributed by atoms with Crippen molar-refractivity contribution in [3.63, 3.8) is 0 Å². The molecule has 0 amide bonds. The lowest BCUT2D eigenvalue weighted by atomic mass is 10.1. The summed E-state index contributed by atoms with van der Waals surface area (Å²) < 4.78 is 34.5. The number of allylic oxidation sites excluding steroid dienone is 3. The van der Waals surface area contributed by atoms with Crippen molar-refractivity contribution >= 4 is 44.6 Å². The summed E-state index contributed by atoms with van der Waals surface area (Å²) >= 11 is 0.993. The third-order valence-corrected chi connectivity index (χ3v) is 5.53. The monoisotopic (exact) mass is 386 g/mol. The van der Waals surface area contributed by atoms with Gasteiger partial charge in [-0.3, -0.25) is 14.0 Å². The SMILES string of the molecule is O=c1[nH]sc2c1c(=O)c1cc(F)c(N3C=CC=CC=N3)c(F)c1n2C1CC1. The number of anilines is 1. The van der Waals surface area contributed by atoms with Crippen LogP contribution in [0, 0.1) is 11.6 Å². The number of nitrogens with zero attached hydrogens (tertiary/aromatic N) is 3. The summed E-state index contributed by atoms with van der Waals surface area (Å²) in [5, 5.41) is 4.91. The lowest BCUT2D eigenvalue weighted by Crippen LogP contribution is -2.18. The summed E-state index contributed by atoms with van der Waals surface area (Å²) in [6, 6.07) is 0.965. The first-order valence-corrected chi connectivity index (χ1v) is 9.13. The van der Waals surface area contributed by atoms with Crippen LogP contribution >= 0.6 is 11.5 Å². The summed E-state index contributed by atoms with van der Waals surface area (Å²) in [6.45, 7) is 0. The number of halogens is 2. The molecule has 0 spiro atoms. The number of fused-ring (bicyclic) bond motifs is 2. The van der Waals surface area contributed by atoms with E-state index in [0.717, 1.165) is 35.4 Å². The minimum Gasteiger partial charge on any atom is -0.325 e. The average Bonchev–Trinajstić information content (AvgIpc) is 3.43. The largest absolute Gasteiger partial charge is 0.325 e. The van der Waals surface area contributed by atoms with Crippen LogP contribution < -0.4 is 16.0 Å². The number of hydrogen-bond donors (Lipinski definition) is 1. The number of rotatable bonds is 2. The van der Waals surface area contributed by atoms with E-state index in [2.05, 4.69) is 9.47 Å². The van der Waals surface area contributed by atoms with Gasteiger partial charge in [-0.05, 0) is 42.6 Å². The number of H-pyrrole nitrogens is 1. The summed E-state index contributed by atoms with van der Waals surface area (Å²) in [5.41, 5.74) is -1.56. The first kappa shape index (κ1) is 16.1. The summed E-state index contributed by atoms with van der Waals surface area (Å²) in [4.78, 5) is 25.2. The Morgan fingerprint density at radius 2 is 2.00 bits per heavy atom. The molecule has 1 aliphatic carbocycles. The zero-order chi connectivity index (χ0) is 18.7. The molecule has 0 radical (unpaired) electrons. The minimum absolute atomic E-state index is 0.00227. The molecule has 9 heteroatoms. The van der Waals surface area contributed by atoms with Crippen molar-refractivity contribution in [1.29, 1.82) is 0 Å². The molecule has 1 aliphatic heterocycles. The number of pyridine rings is 1. The maximum absolute atomic E-state index is 15.6. The van der Waals surface area contributed by atoms with Gasteiger partial charge in [-0.15, -0.1) is 0 Å². The van der Waals surface area contributed by atoms with Crippen LogP contribution in [0.5, 0.6) is 0 Å². The molecule has 1 N–H and O–H groups in total. The first-order chi connectivity index (χ1) is 13.1. The fraction of sp³-hybridized carbons (Fsp3) is 0.167. The van der Waals surface area contributed by atoms with E-state index in [9.17, 15) is 14.0 Å². The Hall–Kier alpha value is -3.07. The number of nitrogens with one attached hydrogen (secondary N) is 1. The quantitative estimate of drug-likeness (QED) is 0.734. The molecule has 0 bridgehead atoms. The highest BCUT2D eigenvalue weighted by Crippen LogP contribution is 2.42. The molecule has 6 nitrogen and oxygen atoms in total. The standard InChI is InChI=1S/C18H12F2N4O2S/c19-11-8-10-14(13(20)15(11)23-7-3-1-2-6-21-23)24(9-4-5-9)18-12(16(10)25)17(26)22-27-18/h1-3,6-9H,4-5H2,(H,22,26). The summed E-state index contributed by atoms with van der Waals surface area (Å²) in [6.07, 6.45) is 9.37. The molecule has 136 valence electrons. The predicted molar refractivity (Wildman–Crippen MR) is 102 cm³/mol. The van der Waals surface area contributed by atoms with Crippen LogP contribution in [0.3, 0.4) is 0 Å². The number of benzene rings is 1. The van der Waals surface area contributed by atoms with Gasteiger partial charge in [0.15, 0.2) is 11.6 Å². The van der Waals surface area contributed by atoms with Crippen molar-refractivity contribution in [2.24, 2.45) is 5.10 Å². The Morgan fingerprint density at radius 1 is 1.19 bits per heavy atom. The third-order valence-electron chi connectivity index (χ3n) is 4.65. The van der Waals surface area contributed by atoms with Crippen LogP contribution in [0.1, 0.15) is 18.9 Å². The second kappa shape index (κ2) is 5.71. The van der Waals surface area contributed by atoms with E-state index < -0.39 is 22.6 Å². The van der Waals surface area contributed by atoms with Crippen molar-refractivity contribution in [3.8, 4) is 0 Å². The molecule has 0 saturated heterocycles. The highest BCUT2D eigenvalue weighted by molar-refractivity contribution is 7.12. The van der Waals surface area contributed by atoms with Gasteiger partial charge < -0.3 is 4.57 Å². The van der Waals surface area contributed by atoms with Crippen molar-refractivity contribution in [2.45, 2.75) is 18.9 Å². The van der Waals surface area contributed by atoms with Gasteiger partial charge in [0.2, 0.25) is 5.43 Å². The van der Waals surface area contributed by atoms with E-state index in [1.54, 1.807) is 22.8 Å². The predicted octanol–water partition coefficient (Wildman–Crippen LogP) is 3.39. The van der Waals surface area contributed by atoms with Crippen molar-refractivity contribution < 1.29 is 8.78 Å². The van der Waals surface area contributed by atoms with Gasteiger partial charge in [0.25, 0.3) is 5.56 Å². The van der Waals surface area contributed by atoms with E-state index in [4.69, 9.17) is 0 Å². The highest BCUT2D eigenvalue weighted by atomic mass is 32.1. The molecular formula is C18H12F2N4O2S. The van der Waals surface area contributed by atoms with E-state index in [-0.39, 0.29) is 28.0 Å². The maximum atomic E-state index is 15.6. The smallest absolute Gasteiger partial charge is 0.271 e. The van der Waals surface area contributed by atoms with Crippen LogP contribution in [0.15, 0.2) is 45.2 Å². The van der Waals surface area contributed by atoms with Crippen LogP contribution in [-0.2, 0) is 0 Å². The van der Waals surface area contributed by atoms with Gasteiger partial charge in [-0.2, -0.15) is 5.10 Å².